The van der Waals surface area contributed by atoms with Gasteiger partial charge in [0, 0.05) is 36.6 Å². The van der Waals surface area contributed by atoms with Gasteiger partial charge in [0.15, 0.2) is 17.1 Å². The first kappa shape index (κ1) is 19.1. The Kier molecular flexibility index (Phi) is 4.96. The van der Waals surface area contributed by atoms with E-state index >= 15 is 0 Å². The molecule has 0 unspecified atom stereocenters. The largest absolute Gasteiger partial charge is 0.486 e. The van der Waals surface area contributed by atoms with Crippen LogP contribution in [0.2, 0.25) is 0 Å². The molecule has 0 bridgehead atoms. The topological polar surface area (TPSA) is 81.4 Å². The number of ether oxygens (including phenoxy) is 3. The van der Waals surface area contributed by atoms with Gasteiger partial charge in [-0.25, -0.2) is 9.50 Å². The Morgan fingerprint density at radius 2 is 2.10 bits per heavy atom. The maximum absolute atomic E-state index is 10.8. The van der Waals surface area contributed by atoms with Crippen molar-refractivity contribution in [2.24, 2.45) is 0 Å². The first-order valence-corrected chi connectivity index (χ1v) is 10.3. The van der Waals surface area contributed by atoms with Crippen molar-refractivity contribution in [1.29, 1.82) is 0 Å². The van der Waals surface area contributed by atoms with Crippen molar-refractivity contribution in [3.8, 4) is 17.2 Å². The Balaban J connectivity index is 1.27. The Labute approximate surface area is 175 Å². The second-order valence-corrected chi connectivity index (χ2v) is 7.97. The van der Waals surface area contributed by atoms with Gasteiger partial charge in [-0.05, 0) is 38.5 Å². The molecule has 2 aliphatic rings. The van der Waals surface area contributed by atoms with Gasteiger partial charge in [0.25, 0.3) is 0 Å². The summed E-state index contributed by atoms with van der Waals surface area (Å²) in [6.45, 7) is 7.10. The number of piperidine rings is 1. The SMILES string of the molecule is Cc1cc(C)n2ncc(CN3CC[C@@H](Oc4cccc5c4OCCO5)[C@H](O)C3)c2n1. The van der Waals surface area contributed by atoms with E-state index in [4.69, 9.17) is 14.2 Å². The quantitative estimate of drug-likeness (QED) is 0.706. The predicted octanol–water partition coefficient (Wildman–Crippen LogP) is 2.13. The van der Waals surface area contributed by atoms with Crippen LogP contribution >= 0.6 is 0 Å². The van der Waals surface area contributed by atoms with Crippen LogP contribution in [0.4, 0.5) is 0 Å². The molecule has 0 aliphatic carbocycles. The number of β-amino-alcohol motifs (C(OH)–C–C–N with tert-alkyl or cyclic N) is 1. The number of hydrogen-bond donors (Lipinski definition) is 1. The summed E-state index contributed by atoms with van der Waals surface area (Å²) < 4.78 is 19.4. The smallest absolute Gasteiger partial charge is 0.203 e. The summed E-state index contributed by atoms with van der Waals surface area (Å²) >= 11 is 0. The third-order valence-electron chi connectivity index (χ3n) is 5.66. The van der Waals surface area contributed by atoms with Crippen molar-refractivity contribution >= 4 is 5.65 Å². The van der Waals surface area contributed by atoms with Gasteiger partial charge < -0.3 is 19.3 Å². The fraction of sp³-hybridized carbons (Fsp3) is 0.455. The predicted molar refractivity (Wildman–Crippen MR) is 110 cm³/mol. The van der Waals surface area contributed by atoms with Gasteiger partial charge in [-0.1, -0.05) is 6.07 Å². The molecular weight excluding hydrogens is 384 g/mol. The van der Waals surface area contributed by atoms with Gasteiger partial charge in [0.05, 0.1) is 6.20 Å². The van der Waals surface area contributed by atoms with Crippen LogP contribution in [-0.4, -0.2) is 63.1 Å². The van der Waals surface area contributed by atoms with Crippen LogP contribution in [0.1, 0.15) is 23.4 Å². The minimum Gasteiger partial charge on any atom is -0.486 e. The molecule has 1 fully saturated rings. The standard InChI is InChI=1S/C22H26N4O4/c1-14-10-15(2)26-22(24-14)16(11-23-26)12-25-7-6-18(17(27)13-25)30-20-5-3-4-19-21(20)29-9-8-28-19/h3-5,10-11,17-18,27H,6-9,12-13H2,1-2H3/t17-,18-/m1/s1. The molecule has 2 aromatic heterocycles. The summed E-state index contributed by atoms with van der Waals surface area (Å²) in [5, 5.41) is 15.2. The zero-order valence-corrected chi connectivity index (χ0v) is 17.2. The van der Waals surface area contributed by atoms with E-state index in [1.54, 1.807) is 0 Å². The highest BCUT2D eigenvalue weighted by Gasteiger charge is 2.31. The highest BCUT2D eigenvalue weighted by molar-refractivity contribution is 5.52. The second-order valence-electron chi connectivity index (χ2n) is 7.97. The molecule has 1 aromatic carbocycles. The van der Waals surface area contributed by atoms with Crippen molar-refractivity contribution in [2.45, 2.75) is 39.0 Å². The summed E-state index contributed by atoms with van der Waals surface area (Å²) in [4.78, 5) is 6.88. The van der Waals surface area contributed by atoms with E-state index in [9.17, 15) is 5.11 Å². The lowest BCUT2D eigenvalue weighted by Gasteiger charge is -2.36. The van der Waals surface area contributed by atoms with Crippen LogP contribution in [0.15, 0.2) is 30.5 Å². The molecule has 158 valence electrons. The van der Waals surface area contributed by atoms with E-state index in [1.807, 2.05) is 48.8 Å². The van der Waals surface area contributed by atoms with Gasteiger partial charge in [-0.2, -0.15) is 5.10 Å². The van der Waals surface area contributed by atoms with Gasteiger partial charge in [-0.15, -0.1) is 0 Å². The lowest BCUT2D eigenvalue weighted by Crippen LogP contribution is -2.48. The Morgan fingerprint density at radius 3 is 2.97 bits per heavy atom. The third kappa shape index (κ3) is 3.57. The molecule has 0 radical (unpaired) electrons. The number of aromatic nitrogens is 3. The zero-order valence-electron chi connectivity index (χ0n) is 17.2. The first-order valence-electron chi connectivity index (χ1n) is 10.3. The van der Waals surface area contributed by atoms with Crippen LogP contribution in [0.5, 0.6) is 17.2 Å². The summed E-state index contributed by atoms with van der Waals surface area (Å²) in [6.07, 6.45) is 1.70. The average molecular weight is 410 g/mol. The molecule has 0 spiro atoms. The second kappa shape index (κ2) is 7.77. The maximum Gasteiger partial charge on any atom is 0.203 e. The number of aliphatic hydroxyl groups excluding tert-OH is 1. The van der Waals surface area contributed by atoms with Gasteiger partial charge in [-0.3, -0.25) is 4.90 Å². The lowest BCUT2D eigenvalue weighted by atomic mass is 10.0. The minimum absolute atomic E-state index is 0.287. The lowest BCUT2D eigenvalue weighted by molar-refractivity contribution is -0.0289. The van der Waals surface area contributed by atoms with E-state index in [0.717, 1.165) is 35.6 Å². The van der Waals surface area contributed by atoms with Crippen LogP contribution in [-0.2, 0) is 6.54 Å². The number of nitrogens with zero attached hydrogens (tertiary/aromatic N) is 4. The van der Waals surface area contributed by atoms with E-state index < -0.39 is 6.10 Å². The highest BCUT2D eigenvalue weighted by atomic mass is 16.6. The molecule has 3 aromatic rings. The molecule has 1 saturated heterocycles. The van der Waals surface area contributed by atoms with E-state index in [2.05, 4.69) is 15.0 Å². The van der Waals surface area contributed by atoms with E-state index in [-0.39, 0.29) is 6.10 Å². The number of para-hydroxylation sites is 1. The van der Waals surface area contributed by atoms with Gasteiger partial charge in [0.2, 0.25) is 5.75 Å². The molecule has 8 nitrogen and oxygen atoms in total. The number of fused-ring (bicyclic) bond motifs is 2. The number of hydrogen-bond acceptors (Lipinski definition) is 7. The Morgan fingerprint density at radius 1 is 1.23 bits per heavy atom. The molecule has 2 aliphatic heterocycles. The first-order chi connectivity index (χ1) is 14.6. The normalized spacial score (nSPS) is 21.7. The van der Waals surface area contributed by atoms with Crippen molar-refractivity contribution < 1.29 is 19.3 Å². The molecule has 2 atom stereocenters. The molecule has 4 heterocycles. The Hall–Kier alpha value is -2.84. The number of likely N-dealkylation sites (tertiary alicyclic amines) is 1. The summed E-state index contributed by atoms with van der Waals surface area (Å²) in [6, 6.07) is 7.63. The summed E-state index contributed by atoms with van der Waals surface area (Å²) in [5.74, 6) is 1.95. The maximum atomic E-state index is 10.8. The molecular formula is C22H26N4O4. The van der Waals surface area contributed by atoms with E-state index in [0.29, 0.717) is 43.6 Å². The van der Waals surface area contributed by atoms with Crippen molar-refractivity contribution in [1.82, 2.24) is 19.5 Å². The molecule has 0 saturated carbocycles. The van der Waals surface area contributed by atoms with Crippen LogP contribution in [0.25, 0.3) is 5.65 Å². The molecule has 8 heteroatoms. The number of aliphatic hydroxyl groups is 1. The van der Waals surface area contributed by atoms with Gasteiger partial charge >= 0.3 is 0 Å². The van der Waals surface area contributed by atoms with Gasteiger partial charge in [0.1, 0.15) is 25.4 Å². The van der Waals surface area contributed by atoms with Crippen LogP contribution < -0.4 is 14.2 Å². The number of aryl methyl sites for hydroxylation is 2. The molecule has 30 heavy (non-hydrogen) atoms. The van der Waals surface area contributed by atoms with Crippen molar-refractivity contribution in [2.75, 3.05) is 26.3 Å². The summed E-state index contributed by atoms with van der Waals surface area (Å²) in [5.41, 5.74) is 3.99. The number of benzene rings is 1. The van der Waals surface area contributed by atoms with Crippen LogP contribution in [0.3, 0.4) is 0 Å². The average Bonchev–Trinajstić information content (AvgIpc) is 3.13. The van der Waals surface area contributed by atoms with Crippen molar-refractivity contribution in [3.63, 3.8) is 0 Å². The zero-order chi connectivity index (χ0) is 20.7. The molecule has 5 rings (SSSR count). The fourth-order valence-electron chi connectivity index (χ4n) is 4.23. The molecule has 0 amide bonds. The number of rotatable bonds is 4. The van der Waals surface area contributed by atoms with Crippen molar-refractivity contribution in [3.05, 3.63) is 47.4 Å². The Bertz CT molecular complexity index is 1070. The summed E-state index contributed by atoms with van der Waals surface area (Å²) in [7, 11) is 0. The molecule has 1 N–H and O–H groups in total. The fourth-order valence-corrected chi connectivity index (χ4v) is 4.23. The highest BCUT2D eigenvalue weighted by Crippen LogP contribution is 2.40. The monoisotopic (exact) mass is 410 g/mol. The van der Waals surface area contributed by atoms with Crippen LogP contribution in [0, 0.1) is 13.8 Å². The minimum atomic E-state index is -0.600. The van der Waals surface area contributed by atoms with E-state index in [1.165, 1.54) is 0 Å². The third-order valence-corrected chi connectivity index (χ3v) is 5.66.